The van der Waals surface area contributed by atoms with Crippen molar-refractivity contribution in [3.63, 3.8) is 0 Å². The molecule has 1 aliphatic carbocycles. The molecule has 6 heteroatoms. The number of carbonyl (C=O) groups excluding carboxylic acids is 2. The fourth-order valence-electron chi connectivity index (χ4n) is 2.03. The average Bonchev–Trinajstić information content (AvgIpc) is 3.23. The van der Waals surface area contributed by atoms with E-state index < -0.39 is 13.5 Å². The lowest BCUT2D eigenvalue weighted by molar-refractivity contribution is -0.132. The van der Waals surface area contributed by atoms with Crippen LogP contribution in [0.4, 0.5) is 0 Å². The van der Waals surface area contributed by atoms with Gasteiger partial charge < -0.3 is 9.05 Å². The zero-order valence-corrected chi connectivity index (χ0v) is 12.8. The van der Waals surface area contributed by atoms with Crippen molar-refractivity contribution < 1.29 is 23.2 Å². The first-order valence-electron chi connectivity index (χ1n) is 6.74. The molecule has 0 aromatic rings. The van der Waals surface area contributed by atoms with Crippen LogP contribution >= 0.6 is 7.60 Å². The van der Waals surface area contributed by atoms with Crippen molar-refractivity contribution in [3.8, 4) is 0 Å². The standard InChI is InChI=1S/C13H23O5P/c1-4-5-6-11(13(15)10-7-8-10)12(14)9-19(16,17-2)18-3/h10-11H,4-9H2,1-3H3. The van der Waals surface area contributed by atoms with Crippen LogP contribution in [0.3, 0.4) is 0 Å². The second kappa shape index (κ2) is 7.32. The Morgan fingerprint density at radius 3 is 2.26 bits per heavy atom. The van der Waals surface area contributed by atoms with Gasteiger partial charge in [-0.15, -0.1) is 0 Å². The van der Waals surface area contributed by atoms with Gasteiger partial charge in [-0.25, -0.2) is 0 Å². The molecule has 110 valence electrons. The molecule has 1 saturated carbocycles. The summed E-state index contributed by atoms with van der Waals surface area (Å²) in [7, 11) is -0.872. The van der Waals surface area contributed by atoms with Gasteiger partial charge in [-0.1, -0.05) is 19.8 Å². The van der Waals surface area contributed by atoms with Crippen LogP contribution in [0.1, 0.15) is 39.0 Å². The third-order valence-electron chi connectivity index (χ3n) is 3.46. The van der Waals surface area contributed by atoms with E-state index in [1.165, 1.54) is 14.2 Å². The summed E-state index contributed by atoms with van der Waals surface area (Å²) in [5.74, 6) is -0.893. The first-order chi connectivity index (χ1) is 8.97. The van der Waals surface area contributed by atoms with E-state index in [-0.39, 0.29) is 23.6 Å². The van der Waals surface area contributed by atoms with Crippen LogP contribution in [0.25, 0.3) is 0 Å². The zero-order valence-electron chi connectivity index (χ0n) is 11.9. The zero-order chi connectivity index (χ0) is 14.5. The van der Waals surface area contributed by atoms with Gasteiger partial charge in [-0.2, -0.15) is 0 Å². The molecule has 0 bridgehead atoms. The smallest absolute Gasteiger partial charge is 0.312 e. The summed E-state index contributed by atoms with van der Waals surface area (Å²) in [6, 6.07) is 0. The highest BCUT2D eigenvalue weighted by Gasteiger charge is 2.40. The molecule has 0 radical (unpaired) electrons. The lowest BCUT2D eigenvalue weighted by Crippen LogP contribution is -2.28. The molecule has 0 amide bonds. The fraction of sp³-hybridized carbons (Fsp3) is 0.846. The van der Waals surface area contributed by atoms with Gasteiger partial charge in [-0.05, 0) is 19.3 Å². The third-order valence-corrected chi connectivity index (χ3v) is 5.28. The Labute approximate surface area is 114 Å². The normalized spacial score (nSPS) is 17.2. The molecule has 5 nitrogen and oxygen atoms in total. The highest BCUT2D eigenvalue weighted by Crippen LogP contribution is 2.47. The number of ketones is 2. The molecule has 0 spiro atoms. The minimum absolute atomic E-state index is 0.0113. The summed E-state index contributed by atoms with van der Waals surface area (Å²) < 4.78 is 21.5. The predicted octanol–water partition coefficient (Wildman–Crippen LogP) is 2.83. The number of Topliss-reactive ketones (excluding diaryl/α,β-unsaturated/α-hetero) is 2. The number of unbranched alkanes of at least 4 members (excludes halogenated alkanes) is 1. The van der Waals surface area contributed by atoms with Gasteiger partial charge in [0.05, 0.1) is 5.92 Å². The van der Waals surface area contributed by atoms with Crippen LogP contribution in [-0.2, 0) is 23.2 Å². The van der Waals surface area contributed by atoms with Crippen LogP contribution in [-0.4, -0.2) is 31.9 Å². The average molecular weight is 290 g/mol. The van der Waals surface area contributed by atoms with Crippen molar-refractivity contribution in [2.75, 3.05) is 20.4 Å². The Balaban J connectivity index is 2.70. The van der Waals surface area contributed by atoms with E-state index in [4.69, 9.17) is 9.05 Å². The van der Waals surface area contributed by atoms with E-state index in [0.29, 0.717) is 6.42 Å². The summed E-state index contributed by atoms with van der Waals surface area (Å²) >= 11 is 0. The number of hydrogen-bond donors (Lipinski definition) is 0. The van der Waals surface area contributed by atoms with Gasteiger partial charge in [0.25, 0.3) is 0 Å². The van der Waals surface area contributed by atoms with Crippen molar-refractivity contribution in [3.05, 3.63) is 0 Å². The van der Waals surface area contributed by atoms with Crippen molar-refractivity contribution in [2.24, 2.45) is 11.8 Å². The molecule has 0 saturated heterocycles. The minimum atomic E-state index is -3.37. The molecular weight excluding hydrogens is 267 g/mol. The molecule has 19 heavy (non-hydrogen) atoms. The highest BCUT2D eigenvalue weighted by atomic mass is 31.2. The maximum absolute atomic E-state index is 12.2. The minimum Gasteiger partial charge on any atom is -0.312 e. The van der Waals surface area contributed by atoms with Crippen molar-refractivity contribution in [1.82, 2.24) is 0 Å². The third kappa shape index (κ3) is 4.83. The lowest BCUT2D eigenvalue weighted by Gasteiger charge is -2.17. The first-order valence-corrected chi connectivity index (χ1v) is 8.47. The van der Waals surface area contributed by atoms with E-state index in [9.17, 15) is 14.2 Å². The molecule has 1 rings (SSSR count). The Bertz CT molecular complexity index is 367. The Hall–Kier alpha value is -0.510. The summed E-state index contributed by atoms with van der Waals surface area (Å²) in [5, 5.41) is 0. The van der Waals surface area contributed by atoms with Crippen LogP contribution < -0.4 is 0 Å². The molecule has 0 heterocycles. The lowest BCUT2D eigenvalue weighted by atomic mass is 9.91. The van der Waals surface area contributed by atoms with Crippen molar-refractivity contribution >= 4 is 19.2 Å². The number of rotatable bonds is 10. The summed E-state index contributed by atoms with van der Waals surface area (Å²) in [5.41, 5.74) is 0. The molecule has 1 fully saturated rings. The number of carbonyl (C=O) groups is 2. The summed E-state index contributed by atoms with van der Waals surface area (Å²) in [6.07, 6.45) is 3.72. The SMILES string of the molecule is CCCCC(C(=O)CP(=O)(OC)OC)C(=O)C1CC1. The van der Waals surface area contributed by atoms with Crippen molar-refractivity contribution in [1.29, 1.82) is 0 Å². The van der Waals surface area contributed by atoms with Gasteiger partial charge in [0.2, 0.25) is 0 Å². The molecular formula is C13H23O5P. The maximum atomic E-state index is 12.2. The monoisotopic (exact) mass is 290 g/mol. The van der Waals surface area contributed by atoms with Gasteiger partial charge >= 0.3 is 7.60 Å². The van der Waals surface area contributed by atoms with Crippen LogP contribution in [0.15, 0.2) is 0 Å². The predicted molar refractivity (Wildman–Crippen MR) is 72.2 cm³/mol. The molecule has 0 aliphatic heterocycles. The molecule has 1 atom stereocenters. The molecule has 0 N–H and O–H groups in total. The highest BCUT2D eigenvalue weighted by molar-refractivity contribution is 7.54. The van der Waals surface area contributed by atoms with E-state index >= 15 is 0 Å². The van der Waals surface area contributed by atoms with Crippen LogP contribution in [0.5, 0.6) is 0 Å². The van der Waals surface area contributed by atoms with E-state index in [1.54, 1.807) is 0 Å². The van der Waals surface area contributed by atoms with Gasteiger partial charge in [0.15, 0.2) is 5.78 Å². The Morgan fingerprint density at radius 1 is 1.26 bits per heavy atom. The second-order valence-corrected chi connectivity index (χ2v) is 7.24. The second-order valence-electron chi connectivity index (χ2n) is 4.97. The summed E-state index contributed by atoms with van der Waals surface area (Å²) in [6.45, 7) is 2.01. The number of hydrogen-bond acceptors (Lipinski definition) is 5. The maximum Gasteiger partial charge on any atom is 0.337 e. The molecule has 0 aromatic carbocycles. The van der Waals surface area contributed by atoms with E-state index in [2.05, 4.69) is 0 Å². The van der Waals surface area contributed by atoms with E-state index in [1.807, 2.05) is 6.92 Å². The van der Waals surface area contributed by atoms with Crippen molar-refractivity contribution in [2.45, 2.75) is 39.0 Å². The topological polar surface area (TPSA) is 69.7 Å². The van der Waals surface area contributed by atoms with Crippen LogP contribution in [0.2, 0.25) is 0 Å². The van der Waals surface area contributed by atoms with Crippen LogP contribution in [0, 0.1) is 11.8 Å². The Kier molecular flexibility index (Phi) is 6.37. The quantitative estimate of drug-likeness (QED) is 0.457. The molecule has 1 unspecified atom stereocenters. The Morgan fingerprint density at radius 2 is 1.84 bits per heavy atom. The largest absolute Gasteiger partial charge is 0.337 e. The van der Waals surface area contributed by atoms with Gasteiger partial charge in [-0.3, -0.25) is 14.2 Å². The van der Waals surface area contributed by atoms with Gasteiger partial charge in [0.1, 0.15) is 11.9 Å². The molecule has 0 aromatic heterocycles. The fourth-order valence-corrected chi connectivity index (χ4v) is 3.04. The van der Waals surface area contributed by atoms with Gasteiger partial charge in [0, 0.05) is 20.1 Å². The van der Waals surface area contributed by atoms with E-state index in [0.717, 1.165) is 25.7 Å². The molecule has 1 aliphatic rings. The summed E-state index contributed by atoms with van der Waals surface area (Å²) in [4.78, 5) is 24.3. The first kappa shape index (κ1) is 16.5.